The average molecular weight is 338 g/mol. The molecule has 1 saturated carbocycles. The third-order valence-corrected chi connectivity index (χ3v) is 4.95. The van der Waals surface area contributed by atoms with E-state index < -0.39 is 0 Å². The molecule has 1 aliphatic carbocycles. The first-order valence-electron chi connectivity index (χ1n) is 8.61. The van der Waals surface area contributed by atoms with E-state index in [1.54, 1.807) is 12.1 Å². The lowest BCUT2D eigenvalue weighted by atomic mass is 9.93. The van der Waals surface area contributed by atoms with Gasteiger partial charge >= 0.3 is 0 Å². The molecule has 3 rings (SSSR count). The fourth-order valence-electron chi connectivity index (χ4n) is 3.48. The van der Waals surface area contributed by atoms with Gasteiger partial charge in [-0.2, -0.15) is 0 Å². The van der Waals surface area contributed by atoms with Crippen molar-refractivity contribution in [3.8, 4) is 11.5 Å². The molecule has 0 unspecified atom stereocenters. The van der Waals surface area contributed by atoms with Gasteiger partial charge in [0.15, 0.2) is 11.5 Å². The van der Waals surface area contributed by atoms with Crippen LogP contribution in [-0.2, 0) is 0 Å². The second-order valence-electron chi connectivity index (χ2n) is 6.22. The third-order valence-electron chi connectivity index (χ3n) is 4.67. The van der Waals surface area contributed by atoms with Crippen molar-refractivity contribution in [2.24, 2.45) is 0 Å². The maximum Gasteiger partial charge on any atom is 0.254 e. The normalized spacial score (nSPS) is 18.3. The van der Waals surface area contributed by atoms with Gasteiger partial charge in [0.2, 0.25) is 0 Å². The summed E-state index contributed by atoms with van der Waals surface area (Å²) < 4.78 is 11.3. The van der Waals surface area contributed by atoms with Crippen LogP contribution in [0.15, 0.2) is 12.1 Å². The Hall–Kier alpha value is -1.42. The number of amides is 1. The summed E-state index contributed by atoms with van der Waals surface area (Å²) in [5.41, 5.74) is 0.590. The largest absolute Gasteiger partial charge is 0.489 e. The van der Waals surface area contributed by atoms with Crippen LogP contribution < -0.4 is 9.47 Å². The topological polar surface area (TPSA) is 38.8 Å². The van der Waals surface area contributed by atoms with Crippen LogP contribution in [0, 0.1) is 0 Å². The van der Waals surface area contributed by atoms with Crippen molar-refractivity contribution in [2.75, 3.05) is 19.8 Å². The molecule has 0 saturated heterocycles. The first-order valence-corrected chi connectivity index (χ1v) is 8.98. The number of halogens is 1. The summed E-state index contributed by atoms with van der Waals surface area (Å²) in [6, 6.07) is 3.83. The van der Waals surface area contributed by atoms with Crippen LogP contribution >= 0.6 is 11.6 Å². The molecule has 0 radical (unpaired) electrons. The number of fused-ring (bicyclic) bond motifs is 1. The zero-order chi connectivity index (χ0) is 16.2. The number of hydrogen-bond donors (Lipinski definition) is 0. The van der Waals surface area contributed by atoms with Crippen molar-refractivity contribution < 1.29 is 14.3 Å². The smallest absolute Gasteiger partial charge is 0.254 e. The number of carbonyl (C=O) groups is 1. The predicted octanol–water partition coefficient (Wildman–Crippen LogP) is 4.30. The Kier molecular flexibility index (Phi) is 5.31. The van der Waals surface area contributed by atoms with Gasteiger partial charge in [-0.15, -0.1) is 0 Å². The Morgan fingerprint density at radius 1 is 1.17 bits per heavy atom. The highest BCUT2D eigenvalue weighted by Gasteiger charge is 2.27. The van der Waals surface area contributed by atoms with Crippen LogP contribution in [0.25, 0.3) is 0 Å². The van der Waals surface area contributed by atoms with Crippen molar-refractivity contribution in [3.05, 3.63) is 22.7 Å². The van der Waals surface area contributed by atoms with E-state index in [0.29, 0.717) is 41.3 Å². The van der Waals surface area contributed by atoms with Gasteiger partial charge in [0, 0.05) is 24.6 Å². The molecule has 5 heteroatoms. The van der Waals surface area contributed by atoms with Gasteiger partial charge in [0.05, 0.1) is 18.2 Å². The summed E-state index contributed by atoms with van der Waals surface area (Å²) in [6.07, 6.45) is 6.69. The molecule has 1 amide bonds. The molecule has 23 heavy (non-hydrogen) atoms. The van der Waals surface area contributed by atoms with Crippen LogP contribution in [0.2, 0.25) is 5.02 Å². The number of nitrogens with zero attached hydrogens (tertiary/aromatic N) is 1. The summed E-state index contributed by atoms with van der Waals surface area (Å²) in [4.78, 5) is 15.0. The molecular weight excluding hydrogens is 314 g/mol. The highest BCUT2D eigenvalue weighted by Crippen LogP contribution is 2.38. The molecule has 0 aromatic heterocycles. The minimum absolute atomic E-state index is 0.0388. The van der Waals surface area contributed by atoms with Gasteiger partial charge in [0.1, 0.15) is 0 Å². The summed E-state index contributed by atoms with van der Waals surface area (Å²) in [5, 5.41) is 0.451. The van der Waals surface area contributed by atoms with Gasteiger partial charge in [-0.1, -0.05) is 30.9 Å². The molecule has 1 aliphatic heterocycles. The van der Waals surface area contributed by atoms with Gasteiger partial charge < -0.3 is 14.4 Å². The van der Waals surface area contributed by atoms with Crippen molar-refractivity contribution in [2.45, 2.75) is 51.5 Å². The molecular formula is C18H24ClNO3. The number of hydrogen-bond acceptors (Lipinski definition) is 3. The Labute approximate surface area is 142 Å². The van der Waals surface area contributed by atoms with Crippen LogP contribution in [-0.4, -0.2) is 36.6 Å². The second-order valence-corrected chi connectivity index (χ2v) is 6.63. The SMILES string of the molecule is CCN(C(=O)c1cc(Cl)c2c(c1)OCCCO2)C1CCCCC1. The van der Waals surface area contributed by atoms with Gasteiger partial charge in [-0.05, 0) is 31.9 Å². The van der Waals surface area contributed by atoms with E-state index in [1.165, 1.54) is 19.3 Å². The number of rotatable bonds is 3. The minimum atomic E-state index is 0.0388. The van der Waals surface area contributed by atoms with Crippen molar-refractivity contribution in [1.82, 2.24) is 4.90 Å². The first kappa shape index (κ1) is 16.4. The highest BCUT2D eigenvalue weighted by atomic mass is 35.5. The molecule has 1 aromatic rings. The maximum atomic E-state index is 13.0. The molecule has 0 bridgehead atoms. The summed E-state index contributed by atoms with van der Waals surface area (Å²) in [6.45, 7) is 3.93. The van der Waals surface area contributed by atoms with E-state index >= 15 is 0 Å². The lowest BCUT2D eigenvalue weighted by Crippen LogP contribution is -2.41. The Bertz CT molecular complexity index is 570. The van der Waals surface area contributed by atoms with E-state index in [1.807, 2.05) is 11.8 Å². The quantitative estimate of drug-likeness (QED) is 0.825. The highest BCUT2D eigenvalue weighted by molar-refractivity contribution is 6.32. The van der Waals surface area contributed by atoms with Crippen molar-refractivity contribution >= 4 is 17.5 Å². The Morgan fingerprint density at radius 2 is 1.91 bits per heavy atom. The number of carbonyl (C=O) groups excluding carboxylic acids is 1. The van der Waals surface area contributed by atoms with Crippen LogP contribution in [0.5, 0.6) is 11.5 Å². The first-order chi connectivity index (χ1) is 11.2. The molecule has 1 fully saturated rings. The fourth-order valence-corrected chi connectivity index (χ4v) is 3.75. The molecule has 1 heterocycles. The van der Waals surface area contributed by atoms with Gasteiger partial charge in [0.25, 0.3) is 5.91 Å². The third kappa shape index (κ3) is 3.57. The molecule has 0 N–H and O–H groups in total. The second kappa shape index (κ2) is 7.43. The molecule has 2 aliphatic rings. The summed E-state index contributed by atoms with van der Waals surface area (Å²) in [7, 11) is 0. The fraction of sp³-hybridized carbons (Fsp3) is 0.611. The summed E-state index contributed by atoms with van der Waals surface area (Å²) >= 11 is 6.32. The van der Waals surface area contributed by atoms with Crippen LogP contribution in [0.4, 0.5) is 0 Å². The zero-order valence-electron chi connectivity index (χ0n) is 13.6. The van der Waals surface area contributed by atoms with Crippen LogP contribution in [0.1, 0.15) is 55.8 Å². The number of ether oxygens (including phenoxy) is 2. The van der Waals surface area contributed by atoms with Gasteiger partial charge in [-0.25, -0.2) is 0 Å². The van der Waals surface area contributed by atoms with E-state index in [-0.39, 0.29) is 5.91 Å². The molecule has 4 nitrogen and oxygen atoms in total. The van der Waals surface area contributed by atoms with E-state index in [4.69, 9.17) is 21.1 Å². The molecule has 1 aromatic carbocycles. The van der Waals surface area contributed by atoms with Crippen molar-refractivity contribution in [3.63, 3.8) is 0 Å². The van der Waals surface area contributed by atoms with E-state index in [2.05, 4.69) is 0 Å². The lowest BCUT2D eigenvalue weighted by Gasteiger charge is -2.33. The molecule has 0 spiro atoms. The standard InChI is InChI=1S/C18H24ClNO3/c1-2-20(14-7-4-3-5-8-14)18(21)13-11-15(19)17-16(12-13)22-9-6-10-23-17/h11-12,14H,2-10H2,1H3. The van der Waals surface area contributed by atoms with Gasteiger partial charge in [-0.3, -0.25) is 4.79 Å². The Morgan fingerprint density at radius 3 is 2.65 bits per heavy atom. The predicted molar refractivity (Wildman–Crippen MR) is 90.6 cm³/mol. The lowest BCUT2D eigenvalue weighted by molar-refractivity contribution is 0.0647. The minimum Gasteiger partial charge on any atom is -0.489 e. The van der Waals surface area contributed by atoms with Crippen LogP contribution in [0.3, 0.4) is 0 Å². The van der Waals surface area contributed by atoms with E-state index in [9.17, 15) is 4.79 Å². The Balaban J connectivity index is 1.86. The average Bonchev–Trinajstić information content (AvgIpc) is 2.82. The summed E-state index contributed by atoms with van der Waals surface area (Å²) in [5.74, 6) is 1.18. The molecule has 126 valence electrons. The van der Waals surface area contributed by atoms with E-state index in [0.717, 1.165) is 25.8 Å². The molecule has 0 atom stereocenters. The number of benzene rings is 1. The zero-order valence-corrected chi connectivity index (χ0v) is 14.4. The maximum absolute atomic E-state index is 13.0. The van der Waals surface area contributed by atoms with Crippen molar-refractivity contribution in [1.29, 1.82) is 0 Å². The monoisotopic (exact) mass is 337 g/mol.